The summed E-state index contributed by atoms with van der Waals surface area (Å²) in [5.74, 6) is 0.693. The highest BCUT2D eigenvalue weighted by Gasteiger charge is 2.27. The molecule has 1 aliphatic carbocycles. The van der Waals surface area contributed by atoms with Gasteiger partial charge in [0.1, 0.15) is 0 Å². The Morgan fingerprint density at radius 3 is 2.37 bits per heavy atom. The molecule has 6 nitrogen and oxygen atoms in total. The van der Waals surface area contributed by atoms with Crippen LogP contribution in [0.3, 0.4) is 0 Å². The molecule has 0 saturated heterocycles. The van der Waals surface area contributed by atoms with Gasteiger partial charge < -0.3 is 10.6 Å². The highest BCUT2D eigenvalue weighted by molar-refractivity contribution is 7.89. The van der Waals surface area contributed by atoms with Crippen molar-refractivity contribution in [1.29, 1.82) is 0 Å². The molecule has 7 heteroatoms. The van der Waals surface area contributed by atoms with Gasteiger partial charge in [0, 0.05) is 19.6 Å². The Morgan fingerprint density at radius 1 is 1.11 bits per heavy atom. The van der Waals surface area contributed by atoms with E-state index in [-0.39, 0.29) is 12.1 Å². The fourth-order valence-electron chi connectivity index (χ4n) is 2.69. The molecular weight excluding hydrogens is 360 g/mol. The first kappa shape index (κ1) is 19.4. The molecule has 3 rings (SSSR count). The predicted molar refractivity (Wildman–Crippen MR) is 108 cm³/mol. The Hall–Kier alpha value is -2.38. The van der Waals surface area contributed by atoms with Crippen LogP contribution in [0.1, 0.15) is 36.9 Å². The zero-order chi connectivity index (χ0) is 19.3. The van der Waals surface area contributed by atoms with E-state index in [0.717, 1.165) is 18.4 Å². The monoisotopic (exact) mass is 386 g/mol. The summed E-state index contributed by atoms with van der Waals surface area (Å²) >= 11 is 0. The quantitative estimate of drug-likeness (QED) is 0.504. The number of rotatable bonds is 7. The zero-order valence-corrected chi connectivity index (χ0v) is 16.5. The van der Waals surface area contributed by atoms with Crippen molar-refractivity contribution in [2.75, 3.05) is 7.05 Å². The molecule has 27 heavy (non-hydrogen) atoms. The average molecular weight is 387 g/mol. The van der Waals surface area contributed by atoms with Crippen molar-refractivity contribution < 1.29 is 8.42 Å². The molecule has 3 N–H and O–H groups in total. The van der Waals surface area contributed by atoms with Gasteiger partial charge in [0.2, 0.25) is 10.0 Å². The predicted octanol–water partition coefficient (Wildman–Crippen LogP) is 2.55. The lowest BCUT2D eigenvalue weighted by Crippen LogP contribution is -2.38. The standard InChI is InChI=1S/C20H26N4O2S/c1-15(17-6-4-3-5-7-17)23-20(21-2)22-14-16-8-12-19(13-9-16)27(25,26)24-18-10-11-18/h3-9,12-13,15,18,24H,10-11,14H2,1-2H3,(H2,21,22,23). The fraction of sp³-hybridized carbons (Fsp3) is 0.350. The van der Waals surface area contributed by atoms with Crippen molar-refractivity contribution in [3.8, 4) is 0 Å². The fourth-order valence-corrected chi connectivity index (χ4v) is 3.99. The molecule has 0 heterocycles. The van der Waals surface area contributed by atoms with Crippen LogP contribution in [0, 0.1) is 0 Å². The largest absolute Gasteiger partial charge is 0.352 e. The Bertz CT molecular complexity index is 876. The third-order valence-electron chi connectivity index (χ3n) is 4.47. The van der Waals surface area contributed by atoms with Gasteiger partial charge in [-0.05, 0) is 43.0 Å². The van der Waals surface area contributed by atoms with Crippen molar-refractivity contribution in [3.63, 3.8) is 0 Å². The van der Waals surface area contributed by atoms with E-state index in [2.05, 4.69) is 39.4 Å². The average Bonchev–Trinajstić information content (AvgIpc) is 3.49. The molecule has 0 bridgehead atoms. The molecule has 0 amide bonds. The topological polar surface area (TPSA) is 82.6 Å². The van der Waals surface area contributed by atoms with Crippen LogP contribution in [0.4, 0.5) is 0 Å². The van der Waals surface area contributed by atoms with Gasteiger partial charge in [0.05, 0.1) is 10.9 Å². The van der Waals surface area contributed by atoms with Crippen molar-refractivity contribution in [2.45, 2.75) is 43.3 Å². The molecule has 0 radical (unpaired) electrons. The van der Waals surface area contributed by atoms with Crippen molar-refractivity contribution in [1.82, 2.24) is 15.4 Å². The number of hydrogen-bond donors (Lipinski definition) is 3. The summed E-state index contributed by atoms with van der Waals surface area (Å²) in [7, 11) is -1.67. The van der Waals surface area contributed by atoms with E-state index in [1.807, 2.05) is 30.3 Å². The van der Waals surface area contributed by atoms with Crippen molar-refractivity contribution >= 4 is 16.0 Å². The number of benzene rings is 2. The zero-order valence-electron chi connectivity index (χ0n) is 15.6. The molecule has 144 valence electrons. The number of nitrogens with one attached hydrogen (secondary N) is 3. The number of aliphatic imine (C=N–C) groups is 1. The molecule has 1 fully saturated rings. The number of hydrogen-bond acceptors (Lipinski definition) is 3. The minimum Gasteiger partial charge on any atom is -0.352 e. The Morgan fingerprint density at radius 2 is 1.78 bits per heavy atom. The van der Waals surface area contributed by atoms with Crippen LogP contribution >= 0.6 is 0 Å². The third kappa shape index (κ3) is 5.55. The summed E-state index contributed by atoms with van der Waals surface area (Å²) < 4.78 is 27.1. The Kier molecular flexibility index (Phi) is 6.13. The summed E-state index contributed by atoms with van der Waals surface area (Å²) in [5.41, 5.74) is 2.16. The van der Waals surface area contributed by atoms with Gasteiger partial charge in [0.15, 0.2) is 5.96 Å². The second-order valence-electron chi connectivity index (χ2n) is 6.74. The molecule has 0 spiro atoms. The van der Waals surface area contributed by atoms with E-state index in [1.165, 1.54) is 5.56 Å². The van der Waals surface area contributed by atoms with Crippen LogP contribution in [0.5, 0.6) is 0 Å². The van der Waals surface area contributed by atoms with Crippen LogP contribution in [0.2, 0.25) is 0 Å². The number of nitrogens with zero attached hydrogens (tertiary/aromatic N) is 1. The minimum atomic E-state index is -3.40. The second-order valence-corrected chi connectivity index (χ2v) is 8.46. The van der Waals surface area contributed by atoms with Crippen LogP contribution in [0.15, 0.2) is 64.5 Å². The molecule has 1 saturated carbocycles. The molecule has 2 aromatic carbocycles. The molecule has 1 unspecified atom stereocenters. The molecular formula is C20H26N4O2S. The lowest BCUT2D eigenvalue weighted by Gasteiger charge is -2.18. The molecule has 1 aliphatic rings. The summed E-state index contributed by atoms with van der Waals surface area (Å²) in [4.78, 5) is 4.56. The van der Waals surface area contributed by atoms with Gasteiger partial charge in [-0.3, -0.25) is 4.99 Å². The van der Waals surface area contributed by atoms with E-state index in [1.54, 1.807) is 19.2 Å². The number of guanidine groups is 1. The van der Waals surface area contributed by atoms with Gasteiger partial charge in [-0.15, -0.1) is 0 Å². The molecule has 0 aliphatic heterocycles. The maximum atomic E-state index is 12.2. The smallest absolute Gasteiger partial charge is 0.240 e. The minimum absolute atomic E-state index is 0.109. The normalized spacial score (nSPS) is 16.0. The van der Waals surface area contributed by atoms with E-state index >= 15 is 0 Å². The first-order valence-electron chi connectivity index (χ1n) is 9.11. The Labute approximate surface area is 161 Å². The highest BCUT2D eigenvalue weighted by atomic mass is 32.2. The van der Waals surface area contributed by atoms with Gasteiger partial charge in [0.25, 0.3) is 0 Å². The van der Waals surface area contributed by atoms with Crippen molar-refractivity contribution in [3.05, 3.63) is 65.7 Å². The first-order chi connectivity index (χ1) is 13.0. The van der Waals surface area contributed by atoms with E-state index in [4.69, 9.17) is 0 Å². The van der Waals surface area contributed by atoms with Gasteiger partial charge in [-0.2, -0.15) is 0 Å². The Balaban J connectivity index is 1.55. The van der Waals surface area contributed by atoms with Crippen molar-refractivity contribution in [2.24, 2.45) is 4.99 Å². The lowest BCUT2D eigenvalue weighted by atomic mass is 10.1. The molecule has 0 aromatic heterocycles. The van der Waals surface area contributed by atoms with E-state index in [0.29, 0.717) is 17.4 Å². The lowest BCUT2D eigenvalue weighted by molar-refractivity contribution is 0.581. The first-order valence-corrected chi connectivity index (χ1v) is 10.6. The van der Waals surface area contributed by atoms with E-state index in [9.17, 15) is 8.42 Å². The van der Waals surface area contributed by atoms with Crippen LogP contribution in [0.25, 0.3) is 0 Å². The van der Waals surface area contributed by atoms with Gasteiger partial charge in [-0.1, -0.05) is 42.5 Å². The van der Waals surface area contributed by atoms with Gasteiger partial charge in [-0.25, -0.2) is 13.1 Å². The second kappa shape index (κ2) is 8.54. The van der Waals surface area contributed by atoms with E-state index < -0.39 is 10.0 Å². The summed E-state index contributed by atoms with van der Waals surface area (Å²) in [6.07, 6.45) is 1.85. The third-order valence-corrected chi connectivity index (χ3v) is 6.01. The summed E-state index contributed by atoms with van der Waals surface area (Å²) in [6, 6.07) is 17.3. The van der Waals surface area contributed by atoms with Crippen LogP contribution in [-0.4, -0.2) is 27.5 Å². The maximum absolute atomic E-state index is 12.2. The summed E-state index contributed by atoms with van der Waals surface area (Å²) in [6.45, 7) is 2.63. The van der Waals surface area contributed by atoms with Crippen LogP contribution in [-0.2, 0) is 16.6 Å². The summed E-state index contributed by atoms with van der Waals surface area (Å²) in [5, 5.41) is 6.61. The molecule has 1 atom stereocenters. The SMILES string of the molecule is CN=C(NCc1ccc(S(=O)(=O)NC2CC2)cc1)NC(C)c1ccccc1. The number of sulfonamides is 1. The maximum Gasteiger partial charge on any atom is 0.240 e. The highest BCUT2D eigenvalue weighted by Crippen LogP contribution is 2.22. The van der Waals surface area contributed by atoms with Crippen LogP contribution < -0.4 is 15.4 Å². The molecule has 2 aromatic rings. The van der Waals surface area contributed by atoms with Gasteiger partial charge >= 0.3 is 0 Å².